The highest BCUT2D eigenvalue weighted by atomic mass is 19.2. The number of anilines is 1. The molecule has 0 bridgehead atoms. The number of aldehydes is 1. The number of carbonyl (C=O) groups is 2. The molecule has 0 unspecified atom stereocenters. The normalized spacial score (nSPS) is 10.1. The molecule has 1 N–H and O–H groups in total. The Balaban J connectivity index is 2.00. The average Bonchev–Trinajstić information content (AvgIpc) is 2.44. The van der Waals surface area contributed by atoms with Crippen molar-refractivity contribution in [2.24, 2.45) is 0 Å². The highest BCUT2D eigenvalue weighted by Gasteiger charge is 2.07. The topological polar surface area (TPSA) is 46.2 Å². The second-order valence-corrected chi connectivity index (χ2v) is 4.21. The highest BCUT2D eigenvalue weighted by Crippen LogP contribution is 2.12. The number of rotatable bonds is 4. The molecule has 0 atom stereocenters. The van der Waals surface area contributed by atoms with Gasteiger partial charge in [-0.05, 0) is 42.0 Å². The zero-order chi connectivity index (χ0) is 14.5. The van der Waals surface area contributed by atoms with Crippen molar-refractivity contribution in [2.75, 3.05) is 5.32 Å². The van der Waals surface area contributed by atoms with E-state index in [1.807, 2.05) is 0 Å². The van der Waals surface area contributed by atoms with Crippen LogP contribution in [-0.4, -0.2) is 12.2 Å². The van der Waals surface area contributed by atoms with E-state index in [1.165, 1.54) is 6.07 Å². The zero-order valence-electron chi connectivity index (χ0n) is 10.4. The quantitative estimate of drug-likeness (QED) is 0.872. The van der Waals surface area contributed by atoms with Gasteiger partial charge in [-0.1, -0.05) is 6.07 Å². The van der Waals surface area contributed by atoms with Crippen molar-refractivity contribution in [3.05, 3.63) is 65.2 Å². The summed E-state index contributed by atoms with van der Waals surface area (Å²) in [6.45, 7) is 0. The van der Waals surface area contributed by atoms with E-state index in [9.17, 15) is 18.4 Å². The van der Waals surface area contributed by atoms with Gasteiger partial charge in [-0.15, -0.1) is 0 Å². The molecular weight excluding hydrogens is 264 g/mol. The number of carbonyl (C=O) groups excluding carboxylic acids is 2. The zero-order valence-corrected chi connectivity index (χ0v) is 10.4. The minimum atomic E-state index is -0.981. The molecule has 0 heterocycles. The predicted octanol–water partition coefficient (Wildman–Crippen LogP) is 2.96. The molecule has 0 saturated carbocycles. The Kier molecular flexibility index (Phi) is 4.20. The summed E-state index contributed by atoms with van der Waals surface area (Å²) in [4.78, 5) is 22.2. The standard InChI is InChI=1S/C15H11F2NO2/c16-13-6-3-11(7-14(13)17)8-15(20)18-12-4-1-10(9-19)2-5-12/h1-7,9H,8H2,(H,18,20). The van der Waals surface area contributed by atoms with Crippen LogP contribution in [0.4, 0.5) is 14.5 Å². The van der Waals surface area contributed by atoms with Gasteiger partial charge in [0.25, 0.3) is 0 Å². The lowest BCUT2D eigenvalue weighted by Crippen LogP contribution is -2.14. The third-order valence-electron chi connectivity index (χ3n) is 2.68. The van der Waals surface area contributed by atoms with Crippen molar-refractivity contribution < 1.29 is 18.4 Å². The maximum Gasteiger partial charge on any atom is 0.228 e. The first-order valence-corrected chi connectivity index (χ1v) is 5.87. The third kappa shape index (κ3) is 3.47. The van der Waals surface area contributed by atoms with Crippen molar-refractivity contribution in [2.45, 2.75) is 6.42 Å². The molecule has 2 aromatic carbocycles. The van der Waals surface area contributed by atoms with Gasteiger partial charge in [0.2, 0.25) is 5.91 Å². The fourth-order valence-corrected chi connectivity index (χ4v) is 1.69. The van der Waals surface area contributed by atoms with E-state index in [0.29, 0.717) is 23.1 Å². The summed E-state index contributed by atoms with van der Waals surface area (Å²) in [5.41, 5.74) is 1.41. The molecule has 0 aliphatic carbocycles. The Labute approximate surface area is 114 Å². The first-order chi connectivity index (χ1) is 9.58. The van der Waals surface area contributed by atoms with Gasteiger partial charge in [-0.25, -0.2) is 8.78 Å². The lowest BCUT2D eigenvalue weighted by atomic mass is 10.1. The fraction of sp³-hybridized carbons (Fsp3) is 0.0667. The van der Waals surface area contributed by atoms with E-state index in [2.05, 4.69) is 5.32 Å². The minimum absolute atomic E-state index is 0.0629. The SMILES string of the molecule is O=Cc1ccc(NC(=O)Cc2ccc(F)c(F)c2)cc1. The predicted molar refractivity (Wildman–Crippen MR) is 70.5 cm³/mol. The Hall–Kier alpha value is -2.56. The largest absolute Gasteiger partial charge is 0.326 e. The minimum Gasteiger partial charge on any atom is -0.326 e. The van der Waals surface area contributed by atoms with Crippen molar-refractivity contribution in [1.29, 1.82) is 0 Å². The number of hydrogen-bond acceptors (Lipinski definition) is 2. The molecule has 0 fully saturated rings. The first kappa shape index (κ1) is 13.9. The maximum absolute atomic E-state index is 13.0. The molecule has 0 saturated heterocycles. The summed E-state index contributed by atoms with van der Waals surface area (Å²) in [6.07, 6.45) is 0.638. The highest BCUT2D eigenvalue weighted by molar-refractivity contribution is 5.92. The van der Waals surface area contributed by atoms with Gasteiger partial charge in [0.05, 0.1) is 6.42 Å². The molecule has 1 amide bonds. The third-order valence-corrected chi connectivity index (χ3v) is 2.68. The van der Waals surface area contributed by atoms with Crippen LogP contribution >= 0.6 is 0 Å². The molecular formula is C15H11F2NO2. The van der Waals surface area contributed by atoms with Crippen LogP contribution in [0.15, 0.2) is 42.5 Å². The lowest BCUT2D eigenvalue weighted by Gasteiger charge is -2.06. The Morgan fingerprint density at radius 3 is 2.35 bits per heavy atom. The smallest absolute Gasteiger partial charge is 0.228 e. The van der Waals surface area contributed by atoms with Crippen molar-refractivity contribution in [1.82, 2.24) is 0 Å². The van der Waals surface area contributed by atoms with Gasteiger partial charge in [0.15, 0.2) is 11.6 Å². The van der Waals surface area contributed by atoms with Gasteiger partial charge in [0.1, 0.15) is 6.29 Å². The van der Waals surface area contributed by atoms with Gasteiger partial charge in [-0.2, -0.15) is 0 Å². The molecule has 0 aromatic heterocycles. The second-order valence-electron chi connectivity index (χ2n) is 4.21. The van der Waals surface area contributed by atoms with E-state index in [0.717, 1.165) is 12.1 Å². The molecule has 0 aliphatic heterocycles. The van der Waals surface area contributed by atoms with Crippen LogP contribution in [0.1, 0.15) is 15.9 Å². The fourth-order valence-electron chi connectivity index (χ4n) is 1.69. The van der Waals surface area contributed by atoms with Crippen molar-refractivity contribution in [3.8, 4) is 0 Å². The Morgan fingerprint density at radius 2 is 1.75 bits per heavy atom. The van der Waals surface area contributed by atoms with E-state index in [-0.39, 0.29) is 12.3 Å². The Morgan fingerprint density at radius 1 is 1.05 bits per heavy atom. The molecule has 3 nitrogen and oxygen atoms in total. The summed E-state index contributed by atoms with van der Waals surface area (Å²) in [5.74, 6) is -2.28. The molecule has 2 aromatic rings. The van der Waals surface area contributed by atoms with Crippen LogP contribution in [0.3, 0.4) is 0 Å². The second kappa shape index (κ2) is 6.06. The van der Waals surface area contributed by atoms with E-state index in [1.54, 1.807) is 24.3 Å². The molecule has 0 radical (unpaired) electrons. The molecule has 5 heteroatoms. The van der Waals surface area contributed by atoms with E-state index in [4.69, 9.17) is 0 Å². The van der Waals surface area contributed by atoms with Crippen LogP contribution in [0.5, 0.6) is 0 Å². The maximum atomic E-state index is 13.0. The molecule has 2 rings (SSSR count). The summed E-state index contributed by atoms with van der Waals surface area (Å²) in [7, 11) is 0. The number of halogens is 2. The number of hydrogen-bond donors (Lipinski definition) is 1. The summed E-state index contributed by atoms with van der Waals surface area (Å²) < 4.78 is 25.8. The number of benzene rings is 2. The van der Waals surface area contributed by atoms with Crippen LogP contribution in [0, 0.1) is 11.6 Å². The summed E-state index contributed by atoms with van der Waals surface area (Å²) >= 11 is 0. The average molecular weight is 275 g/mol. The molecule has 0 aliphatic rings. The van der Waals surface area contributed by atoms with Crippen LogP contribution in [-0.2, 0) is 11.2 Å². The monoisotopic (exact) mass is 275 g/mol. The van der Waals surface area contributed by atoms with Gasteiger partial charge >= 0.3 is 0 Å². The molecule has 102 valence electrons. The number of nitrogens with one attached hydrogen (secondary N) is 1. The summed E-state index contributed by atoms with van der Waals surface area (Å²) in [5, 5.41) is 2.60. The van der Waals surface area contributed by atoms with Crippen LogP contribution in [0.25, 0.3) is 0 Å². The number of amides is 1. The van der Waals surface area contributed by atoms with Gasteiger partial charge in [-0.3, -0.25) is 9.59 Å². The molecule has 0 spiro atoms. The van der Waals surface area contributed by atoms with Crippen LogP contribution in [0.2, 0.25) is 0 Å². The first-order valence-electron chi connectivity index (χ1n) is 5.87. The Bertz CT molecular complexity index is 639. The van der Waals surface area contributed by atoms with E-state index < -0.39 is 11.6 Å². The van der Waals surface area contributed by atoms with Crippen molar-refractivity contribution >= 4 is 17.9 Å². The van der Waals surface area contributed by atoms with E-state index >= 15 is 0 Å². The summed E-state index contributed by atoms with van der Waals surface area (Å²) in [6, 6.07) is 9.65. The van der Waals surface area contributed by atoms with Crippen molar-refractivity contribution in [3.63, 3.8) is 0 Å². The lowest BCUT2D eigenvalue weighted by molar-refractivity contribution is -0.115. The van der Waals surface area contributed by atoms with Crippen LogP contribution < -0.4 is 5.32 Å². The molecule has 20 heavy (non-hydrogen) atoms. The van der Waals surface area contributed by atoms with Gasteiger partial charge < -0.3 is 5.32 Å². The van der Waals surface area contributed by atoms with Gasteiger partial charge in [0, 0.05) is 11.3 Å².